The summed E-state index contributed by atoms with van der Waals surface area (Å²) in [6, 6.07) is 5.95. The van der Waals surface area contributed by atoms with Crippen LogP contribution in [0.3, 0.4) is 0 Å². The van der Waals surface area contributed by atoms with Crippen LogP contribution in [-0.2, 0) is 13.0 Å². The fourth-order valence-corrected chi connectivity index (χ4v) is 2.44. The fourth-order valence-electron chi connectivity index (χ4n) is 2.27. The van der Waals surface area contributed by atoms with Gasteiger partial charge in [0.1, 0.15) is 5.82 Å². The molecule has 0 aliphatic heterocycles. The molecule has 1 aromatic heterocycles. The molecule has 0 aliphatic carbocycles. The molecule has 0 unspecified atom stereocenters. The highest BCUT2D eigenvalue weighted by molar-refractivity contribution is 6.31. The molecule has 0 fully saturated rings. The molecule has 0 aliphatic rings. The Bertz CT molecular complexity index is 562. The molecule has 2 rings (SSSR count). The van der Waals surface area contributed by atoms with Crippen molar-refractivity contribution in [2.75, 3.05) is 33.7 Å². The molecule has 1 N–H and O–H groups in total. The molecule has 0 saturated carbocycles. The van der Waals surface area contributed by atoms with E-state index in [1.807, 2.05) is 12.1 Å². The molecular formula is C15H23ClN4. The molecule has 4 nitrogen and oxygen atoms in total. The van der Waals surface area contributed by atoms with Gasteiger partial charge in [0.15, 0.2) is 0 Å². The van der Waals surface area contributed by atoms with Crippen molar-refractivity contribution in [3.8, 4) is 0 Å². The van der Waals surface area contributed by atoms with E-state index >= 15 is 0 Å². The molecule has 110 valence electrons. The third kappa shape index (κ3) is 3.72. The molecule has 0 amide bonds. The third-order valence-corrected chi connectivity index (χ3v) is 3.57. The van der Waals surface area contributed by atoms with E-state index in [2.05, 4.69) is 41.9 Å². The van der Waals surface area contributed by atoms with Crippen LogP contribution in [0, 0.1) is 0 Å². The topological polar surface area (TPSA) is 33.1 Å². The quantitative estimate of drug-likeness (QED) is 0.796. The minimum Gasteiger partial charge on any atom is -0.327 e. The molecule has 2 aromatic rings. The molecule has 0 spiro atoms. The Hall–Kier alpha value is -1.10. The van der Waals surface area contributed by atoms with Crippen molar-refractivity contribution < 1.29 is 0 Å². The molecule has 0 saturated heterocycles. The van der Waals surface area contributed by atoms with Gasteiger partial charge >= 0.3 is 0 Å². The van der Waals surface area contributed by atoms with Gasteiger partial charge in [-0.15, -0.1) is 0 Å². The van der Waals surface area contributed by atoms with Crippen LogP contribution in [0.15, 0.2) is 18.2 Å². The van der Waals surface area contributed by atoms with Crippen molar-refractivity contribution in [1.82, 2.24) is 19.8 Å². The predicted molar refractivity (Wildman–Crippen MR) is 85.5 cm³/mol. The highest BCUT2D eigenvalue weighted by Gasteiger charge is 2.11. The highest BCUT2D eigenvalue weighted by atomic mass is 35.5. The average molecular weight is 295 g/mol. The summed E-state index contributed by atoms with van der Waals surface area (Å²) in [5, 5.41) is 4.10. The van der Waals surface area contributed by atoms with Gasteiger partial charge in [0, 0.05) is 31.1 Å². The van der Waals surface area contributed by atoms with Crippen molar-refractivity contribution in [1.29, 1.82) is 0 Å². The second-order valence-corrected chi connectivity index (χ2v) is 5.66. The van der Waals surface area contributed by atoms with Gasteiger partial charge in [0.2, 0.25) is 0 Å². The van der Waals surface area contributed by atoms with Gasteiger partial charge in [-0.2, -0.15) is 0 Å². The molecule has 0 bridgehead atoms. The first kappa shape index (κ1) is 15.3. The smallest absolute Gasteiger partial charge is 0.111 e. The minimum atomic E-state index is 0.744. The zero-order chi connectivity index (χ0) is 14.5. The number of hydrogen-bond acceptors (Lipinski definition) is 3. The van der Waals surface area contributed by atoms with Gasteiger partial charge in [0.05, 0.1) is 11.0 Å². The van der Waals surface area contributed by atoms with Crippen molar-refractivity contribution in [3.63, 3.8) is 0 Å². The second-order valence-electron chi connectivity index (χ2n) is 5.22. The molecular weight excluding hydrogens is 272 g/mol. The maximum atomic E-state index is 6.06. The van der Waals surface area contributed by atoms with E-state index < -0.39 is 0 Å². The Morgan fingerprint density at radius 1 is 1.35 bits per heavy atom. The lowest BCUT2D eigenvalue weighted by Crippen LogP contribution is -2.22. The van der Waals surface area contributed by atoms with E-state index in [4.69, 9.17) is 16.6 Å². The van der Waals surface area contributed by atoms with Gasteiger partial charge in [-0.25, -0.2) is 4.98 Å². The van der Waals surface area contributed by atoms with E-state index in [-0.39, 0.29) is 0 Å². The molecule has 0 radical (unpaired) electrons. The third-order valence-electron chi connectivity index (χ3n) is 3.34. The Kier molecular flexibility index (Phi) is 5.40. The number of hydrogen-bond donors (Lipinski definition) is 1. The normalized spacial score (nSPS) is 11.7. The lowest BCUT2D eigenvalue weighted by molar-refractivity contribution is 0.383. The summed E-state index contributed by atoms with van der Waals surface area (Å²) in [5.74, 6) is 1.13. The zero-order valence-corrected chi connectivity index (χ0v) is 13.2. The van der Waals surface area contributed by atoms with Crippen LogP contribution in [0.4, 0.5) is 0 Å². The molecule has 1 aromatic carbocycles. The largest absolute Gasteiger partial charge is 0.327 e. The molecule has 1 heterocycles. The predicted octanol–water partition coefficient (Wildman–Crippen LogP) is 2.40. The molecule has 20 heavy (non-hydrogen) atoms. The van der Waals surface area contributed by atoms with Crippen LogP contribution >= 0.6 is 11.6 Å². The van der Waals surface area contributed by atoms with E-state index in [9.17, 15) is 0 Å². The van der Waals surface area contributed by atoms with Gasteiger partial charge in [-0.05, 0) is 38.8 Å². The van der Waals surface area contributed by atoms with E-state index in [1.165, 1.54) is 5.52 Å². The average Bonchev–Trinajstić information content (AvgIpc) is 2.73. The molecule has 5 heteroatoms. The van der Waals surface area contributed by atoms with Crippen LogP contribution in [0.5, 0.6) is 0 Å². The van der Waals surface area contributed by atoms with Crippen LogP contribution < -0.4 is 5.32 Å². The van der Waals surface area contributed by atoms with Crippen molar-refractivity contribution >= 4 is 22.6 Å². The molecule has 0 atom stereocenters. The van der Waals surface area contributed by atoms with E-state index in [0.29, 0.717) is 0 Å². The SMILES string of the molecule is CCNCCc1nc2cc(Cl)ccc2n1CCN(C)C. The number of nitrogens with one attached hydrogen (secondary N) is 1. The van der Waals surface area contributed by atoms with Crippen LogP contribution in [0.25, 0.3) is 11.0 Å². The maximum Gasteiger partial charge on any atom is 0.111 e. The number of rotatable bonds is 7. The minimum absolute atomic E-state index is 0.744. The number of nitrogens with zero attached hydrogens (tertiary/aromatic N) is 3. The summed E-state index contributed by atoms with van der Waals surface area (Å²) < 4.78 is 2.31. The van der Waals surface area contributed by atoms with E-state index in [1.54, 1.807) is 0 Å². The van der Waals surface area contributed by atoms with Gasteiger partial charge in [0.25, 0.3) is 0 Å². The number of benzene rings is 1. The zero-order valence-electron chi connectivity index (χ0n) is 12.5. The number of halogens is 1. The van der Waals surface area contributed by atoms with Crippen LogP contribution in [-0.4, -0.2) is 48.2 Å². The lowest BCUT2D eigenvalue weighted by Gasteiger charge is -2.13. The standard InChI is InChI=1S/C15H23ClN4/c1-4-17-8-7-15-18-13-11-12(16)5-6-14(13)20(15)10-9-19(2)3/h5-6,11,17H,4,7-10H2,1-3H3. The Morgan fingerprint density at radius 2 is 2.15 bits per heavy atom. The second kappa shape index (κ2) is 7.07. The van der Waals surface area contributed by atoms with Gasteiger partial charge < -0.3 is 14.8 Å². The lowest BCUT2D eigenvalue weighted by atomic mass is 10.3. The number of imidazole rings is 1. The maximum absolute atomic E-state index is 6.06. The number of fused-ring (bicyclic) bond motifs is 1. The van der Waals surface area contributed by atoms with Crippen LogP contribution in [0.1, 0.15) is 12.7 Å². The fraction of sp³-hybridized carbons (Fsp3) is 0.533. The Morgan fingerprint density at radius 3 is 2.85 bits per heavy atom. The van der Waals surface area contributed by atoms with Gasteiger partial charge in [-0.3, -0.25) is 0 Å². The number of aromatic nitrogens is 2. The van der Waals surface area contributed by atoms with Crippen molar-refractivity contribution in [2.45, 2.75) is 19.9 Å². The highest BCUT2D eigenvalue weighted by Crippen LogP contribution is 2.21. The summed E-state index contributed by atoms with van der Waals surface area (Å²) in [5.41, 5.74) is 2.16. The Balaban J connectivity index is 2.29. The van der Waals surface area contributed by atoms with Crippen molar-refractivity contribution in [3.05, 3.63) is 29.0 Å². The summed E-state index contributed by atoms with van der Waals surface area (Å²) >= 11 is 6.06. The summed E-state index contributed by atoms with van der Waals surface area (Å²) in [6.45, 7) is 6.02. The first-order chi connectivity index (χ1) is 9.61. The summed E-state index contributed by atoms with van der Waals surface area (Å²) in [4.78, 5) is 6.93. The summed E-state index contributed by atoms with van der Waals surface area (Å²) in [6.07, 6.45) is 0.938. The monoisotopic (exact) mass is 294 g/mol. The van der Waals surface area contributed by atoms with Crippen LogP contribution in [0.2, 0.25) is 5.02 Å². The van der Waals surface area contributed by atoms with Gasteiger partial charge in [-0.1, -0.05) is 18.5 Å². The first-order valence-corrected chi connectivity index (χ1v) is 7.49. The first-order valence-electron chi connectivity index (χ1n) is 7.12. The van der Waals surface area contributed by atoms with E-state index in [0.717, 1.165) is 49.0 Å². The number of likely N-dealkylation sites (N-methyl/N-ethyl adjacent to an activating group) is 2. The summed E-state index contributed by atoms with van der Waals surface area (Å²) in [7, 11) is 4.18. The Labute approximate surface area is 125 Å². The van der Waals surface area contributed by atoms with Crippen molar-refractivity contribution in [2.24, 2.45) is 0 Å².